The second-order valence-electron chi connectivity index (χ2n) is 2.91. The summed E-state index contributed by atoms with van der Waals surface area (Å²) in [5.74, 6) is 0. The van der Waals surface area contributed by atoms with Crippen LogP contribution in [0, 0.1) is 0 Å². The minimum absolute atomic E-state index is 0.426. The molecule has 1 heterocycles. The van der Waals surface area contributed by atoms with Crippen molar-refractivity contribution in [3.8, 4) is 0 Å². The van der Waals surface area contributed by atoms with Gasteiger partial charge in [0, 0.05) is 16.1 Å². The van der Waals surface area contributed by atoms with E-state index in [1.54, 1.807) is 0 Å². The van der Waals surface area contributed by atoms with Gasteiger partial charge in [-0.1, -0.05) is 15.9 Å². The Bertz CT molecular complexity index is 511. The molecule has 2 rings (SSSR count). The molecule has 2 aromatic rings. The minimum Gasteiger partial charge on any atom is -0.398 e. The number of nitrogens with two attached hydrogens (primary N) is 1. The molecule has 0 saturated heterocycles. The molecule has 0 aliphatic heterocycles. The summed E-state index contributed by atoms with van der Waals surface area (Å²) in [6, 6.07) is 5.59. The fourth-order valence-electron chi connectivity index (χ4n) is 1.29. The molecule has 0 bridgehead atoms. The Labute approximate surface area is 89.1 Å². The molecule has 0 aliphatic rings. The second kappa shape index (κ2) is 3.38. The summed E-state index contributed by atoms with van der Waals surface area (Å²) < 4.78 is 0.918. The van der Waals surface area contributed by atoms with Crippen LogP contribution in [0.1, 0.15) is 10.4 Å². The molecule has 14 heavy (non-hydrogen) atoms. The molecular weight excluding hydrogens is 244 g/mol. The third kappa shape index (κ3) is 1.37. The Morgan fingerprint density at radius 1 is 1.43 bits per heavy atom. The zero-order chi connectivity index (χ0) is 10.1. The number of nitrogens with zero attached hydrogens (tertiary/aromatic N) is 1. The largest absolute Gasteiger partial charge is 0.398 e. The Morgan fingerprint density at radius 2 is 2.21 bits per heavy atom. The van der Waals surface area contributed by atoms with E-state index in [1.807, 2.05) is 18.2 Å². The zero-order valence-corrected chi connectivity index (χ0v) is 8.78. The highest BCUT2D eigenvalue weighted by atomic mass is 79.9. The van der Waals surface area contributed by atoms with Crippen LogP contribution in [0.15, 0.2) is 28.9 Å². The van der Waals surface area contributed by atoms with Crippen molar-refractivity contribution in [2.75, 3.05) is 5.73 Å². The predicted molar refractivity (Wildman–Crippen MR) is 59.2 cm³/mol. The van der Waals surface area contributed by atoms with Crippen LogP contribution in [-0.4, -0.2) is 11.3 Å². The number of anilines is 1. The molecule has 70 valence electrons. The number of hydrogen-bond donors (Lipinski definition) is 1. The smallest absolute Gasteiger partial charge is 0.153 e. The summed E-state index contributed by atoms with van der Waals surface area (Å²) in [6.45, 7) is 0. The molecule has 0 amide bonds. The minimum atomic E-state index is 0.426. The Hall–Kier alpha value is -1.42. The first kappa shape index (κ1) is 9.15. The zero-order valence-electron chi connectivity index (χ0n) is 7.20. The lowest BCUT2D eigenvalue weighted by atomic mass is 10.1. The van der Waals surface area contributed by atoms with E-state index in [2.05, 4.69) is 20.9 Å². The average Bonchev–Trinajstić information content (AvgIpc) is 2.20. The number of hydrogen-bond acceptors (Lipinski definition) is 3. The molecule has 2 N–H and O–H groups in total. The van der Waals surface area contributed by atoms with Crippen molar-refractivity contribution in [2.24, 2.45) is 0 Å². The van der Waals surface area contributed by atoms with Crippen molar-refractivity contribution in [3.05, 3.63) is 34.4 Å². The molecule has 4 heteroatoms. The average molecular weight is 251 g/mol. The highest BCUT2D eigenvalue weighted by molar-refractivity contribution is 9.10. The number of nitrogen functional groups attached to an aromatic ring is 1. The highest BCUT2D eigenvalue weighted by Gasteiger charge is 2.04. The van der Waals surface area contributed by atoms with E-state index in [9.17, 15) is 4.79 Å². The lowest BCUT2D eigenvalue weighted by Crippen LogP contribution is -1.95. The highest BCUT2D eigenvalue weighted by Crippen LogP contribution is 2.24. The van der Waals surface area contributed by atoms with Gasteiger partial charge in [0.2, 0.25) is 0 Å². The molecular formula is C10H7BrN2O. The molecule has 0 saturated carbocycles. The number of aromatic nitrogens is 1. The van der Waals surface area contributed by atoms with Crippen LogP contribution in [0.25, 0.3) is 10.9 Å². The molecule has 0 unspecified atom stereocenters. The standard InChI is InChI=1S/C10H7BrN2O/c11-7-1-2-9-8(3-7)10(12)6(5-14)4-13-9/h1-5H,(H2,12,13). The van der Waals surface area contributed by atoms with E-state index in [0.717, 1.165) is 15.4 Å². The lowest BCUT2D eigenvalue weighted by molar-refractivity contribution is 0.112. The second-order valence-corrected chi connectivity index (χ2v) is 3.82. The van der Waals surface area contributed by atoms with Crippen molar-refractivity contribution < 1.29 is 4.79 Å². The van der Waals surface area contributed by atoms with Crippen LogP contribution >= 0.6 is 15.9 Å². The summed E-state index contributed by atoms with van der Waals surface area (Å²) in [6.07, 6.45) is 2.20. The number of rotatable bonds is 1. The molecule has 0 atom stereocenters. The summed E-state index contributed by atoms with van der Waals surface area (Å²) in [7, 11) is 0. The van der Waals surface area contributed by atoms with Crippen molar-refractivity contribution in [2.45, 2.75) is 0 Å². The molecule has 0 aliphatic carbocycles. The van der Waals surface area contributed by atoms with Crippen LogP contribution in [0.3, 0.4) is 0 Å². The maximum atomic E-state index is 10.6. The van der Waals surface area contributed by atoms with Gasteiger partial charge in [0.05, 0.1) is 16.8 Å². The SMILES string of the molecule is Nc1c(C=O)cnc2ccc(Br)cc12. The first-order valence-electron chi connectivity index (χ1n) is 4.01. The van der Waals surface area contributed by atoms with Gasteiger partial charge in [-0.3, -0.25) is 9.78 Å². The number of carbonyl (C=O) groups is 1. The van der Waals surface area contributed by atoms with Gasteiger partial charge in [0.1, 0.15) is 0 Å². The summed E-state index contributed by atoms with van der Waals surface area (Å²) >= 11 is 3.34. The Morgan fingerprint density at radius 3 is 2.93 bits per heavy atom. The van der Waals surface area contributed by atoms with Gasteiger partial charge < -0.3 is 5.73 Å². The number of halogens is 1. The summed E-state index contributed by atoms with van der Waals surface area (Å²) in [5, 5.41) is 0.795. The topological polar surface area (TPSA) is 56.0 Å². The van der Waals surface area contributed by atoms with Crippen molar-refractivity contribution >= 4 is 38.8 Å². The van der Waals surface area contributed by atoms with Crippen LogP contribution < -0.4 is 5.73 Å². The molecule has 1 aromatic heterocycles. The van der Waals surface area contributed by atoms with Gasteiger partial charge in [-0.2, -0.15) is 0 Å². The van der Waals surface area contributed by atoms with Crippen molar-refractivity contribution in [1.29, 1.82) is 0 Å². The Kier molecular flexibility index (Phi) is 2.21. The van der Waals surface area contributed by atoms with Crippen molar-refractivity contribution in [1.82, 2.24) is 4.98 Å². The van der Waals surface area contributed by atoms with Gasteiger partial charge in [-0.05, 0) is 18.2 Å². The van der Waals surface area contributed by atoms with E-state index in [0.29, 0.717) is 17.5 Å². The summed E-state index contributed by atoms with van der Waals surface area (Å²) in [5.41, 5.74) is 7.50. The fourth-order valence-corrected chi connectivity index (χ4v) is 1.66. The van der Waals surface area contributed by atoms with E-state index < -0.39 is 0 Å². The number of pyridine rings is 1. The molecule has 3 nitrogen and oxygen atoms in total. The van der Waals surface area contributed by atoms with Gasteiger partial charge in [-0.15, -0.1) is 0 Å². The third-order valence-electron chi connectivity index (χ3n) is 2.03. The van der Waals surface area contributed by atoms with Gasteiger partial charge in [0.25, 0.3) is 0 Å². The van der Waals surface area contributed by atoms with E-state index in [1.165, 1.54) is 6.20 Å². The number of aldehydes is 1. The maximum Gasteiger partial charge on any atom is 0.153 e. The van der Waals surface area contributed by atoms with Gasteiger partial charge in [-0.25, -0.2) is 0 Å². The molecule has 0 fully saturated rings. The maximum absolute atomic E-state index is 10.6. The Balaban J connectivity index is 2.86. The van der Waals surface area contributed by atoms with E-state index in [-0.39, 0.29) is 0 Å². The molecule has 0 radical (unpaired) electrons. The monoisotopic (exact) mass is 250 g/mol. The summed E-state index contributed by atoms with van der Waals surface area (Å²) in [4.78, 5) is 14.7. The van der Waals surface area contributed by atoms with Crippen molar-refractivity contribution in [3.63, 3.8) is 0 Å². The molecule has 0 spiro atoms. The number of carbonyl (C=O) groups excluding carboxylic acids is 1. The number of fused-ring (bicyclic) bond motifs is 1. The first-order valence-corrected chi connectivity index (χ1v) is 4.80. The first-order chi connectivity index (χ1) is 6.72. The van der Waals surface area contributed by atoms with Crippen LogP contribution in [0.5, 0.6) is 0 Å². The van der Waals surface area contributed by atoms with Gasteiger partial charge in [0.15, 0.2) is 6.29 Å². The quantitative estimate of drug-likeness (QED) is 0.791. The number of benzene rings is 1. The molecule has 1 aromatic carbocycles. The van der Waals surface area contributed by atoms with E-state index >= 15 is 0 Å². The fraction of sp³-hybridized carbons (Fsp3) is 0. The van der Waals surface area contributed by atoms with Crippen LogP contribution in [0.4, 0.5) is 5.69 Å². The third-order valence-corrected chi connectivity index (χ3v) is 2.52. The normalized spacial score (nSPS) is 10.4. The van der Waals surface area contributed by atoms with Gasteiger partial charge >= 0.3 is 0 Å². The van der Waals surface area contributed by atoms with Crippen LogP contribution in [-0.2, 0) is 0 Å². The lowest BCUT2D eigenvalue weighted by Gasteiger charge is -2.03. The van der Waals surface area contributed by atoms with E-state index in [4.69, 9.17) is 5.73 Å². The predicted octanol–water partition coefficient (Wildman–Crippen LogP) is 2.39. The van der Waals surface area contributed by atoms with Crippen LogP contribution in [0.2, 0.25) is 0 Å².